The zero-order valence-electron chi connectivity index (χ0n) is 21.0. The molecule has 0 amide bonds. The van der Waals surface area contributed by atoms with Crippen molar-refractivity contribution in [3.63, 3.8) is 0 Å². The van der Waals surface area contributed by atoms with Crippen LogP contribution in [0.3, 0.4) is 0 Å². The van der Waals surface area contributed by atoms with Crippen LogP contribution >= 0.6 is 0 Å². The van der Waals surface area contributed by atoms with Gasteiger partial charge in [0.2, 0.25) is 0 Å². The fourth-order valence-electron chi connectivity index (χ4n) is 3.09. The first kappa shape index (κ1) is 36.7. The predicted octanol–water partition coefficient (Wildman–Crippen LogP) is 0.434. The summed E-state index contributed by atoms with van der Waals surface area (Å²) in [4.78, 5) is 25.1. The zero-order chi connectivity index (χ0) is 24.7. The van der Waals surface area contributed by atoms with Gasteiger partial charge in [-0.3, -0.25) is 29.9 Å². The van der Waals surface area contributed by atoms with Crippen LogP contribution in [0.25, 0.3) is 34.2 Å². The van der Waals surface area contributed by atoms with Gasteiger partial charge in [-0.1, -0.05) is 36.4 Å². The Balaban J connectivity index is 0.000000543. The van der Waals surface area contributed by atoms with Crippen molar-refractivity contribution < 1.29 is 63.8 Å². The number of halogens is 2. The third-order valence-corrected chi connectivity index (χ3v) is 4.78. The summed E-state index contributed by atoms with van der Waals surface area (Å²) in [5.74, 6) is 0. The normalized spacial score (nSPS) is 8.70. The summed E-state index contributed by atoms with van der Waals surface area (Å²) in [5.41, 5.74) is 5.49. The van der Waals surface area contributed by atoms with Gasteiger partial charge in [-0.15, -0.1) is 0 Å². The molecule has 40 heavy (non-hydrogen) atoms. The van der Waals surface area contributed by atoms with Crippen molar-refractivity contribution in [1.82, 2.24) is 29.9 Å². The number of pyridine rings is 6. The third kappa shape index (κ3) is 12.3. The van der Waals surface area contributed by atoms with Crippen molar-refractivity contribution in [2.45, 2.75) is 0 Å². The smallest absolute Gasteiger partial charge is 1.00 e. The standard InChI is InChI=1S/3C10H8N2.2ClH.2Ru/c3*1-3-7-11-9(5-1)10-6-2-4-8-12-10;;;;/h3*1-8H;2*1H;;/q;;;;;2*+1/p-2. The van der Waals surface area contributed by atoms with Gasteiger partial charge in [0.1, 0.15) is 0 Å². The Labute approximate surface area is 272 Å². The summed E-state index contributed by atoms with van der Waals surface area (Å²) in [5, 5.41) is 0. The first-order valence-corrected chi connectivity index (χ1v) is 11.4. The third-order valence-electron chi connectivity index (χ3n) is 4.78. The zero-order valence-corrected chi connectivity index (χ0v) is 26.0. The second-order valence-electron chi connectivity index (χ2n) is 7.29. The maximum atomic E-state index is 4.19. The maximum absolute atomic E-state index is 4.19. The Morgan fingerprint density at radius 2 is 0.400 bits per heavy atom. The molecule has 0 N–H and O–H groups in total. The predicted molar refractivity (Wildman–Crippen MR) is 142 cm³/mol. The average molecular weight is 742 g/mol. The minimum absolute atomic E-state index is 0. The van der Waals surface area contributed by atoms with Gasteiger partial charge < -0.3 is 24.8 Å². The second kappa shape index (κ2) is 21.5. The summed E-state index contributed by atoms with van der Waals surface area (Å²) in [7, 11) is 0. The number of nitrogens with zero attached hydrogens (tertiary/aromatic N) is 6. The molecule has 6 heterocycles. The SMILES string of the molecule is [Cl-].[Cl-].[Ru+].[Ru+].c1ccc(-c2ccccn2)nc1.c1ccc(-c2ccccn2)nc1.c1ccc(-c2ccccn2)nc1. The van der Waals surface area contributed by atoms with Crippen LogP contribution in [-0.2, 0) is 39.0 Å². The molecular formula is C30H24Cl2N6Ru2. The summed E-state index contributed by atoms with van der Waals surface area (Å²) < 4.78 is 0. The van der Waals surface area contributed by atoms with Crippen molar-refractivity contribution in [1.29, 1.82) is 0 Å². The first-order valence-electron chi connectivity index (χ1n) is 11.4. The number of aromatic nitrogens is 6. The molecule has 6 rings (SSSR count). The van der Waals surface area contributed by atoms with Crippen LogP contribution in [0.5, 0.6) is 0 Å². The number of rotatable bonds is 3. The van der Waals surface area contributed by atoms with Crippen molar-refractivity contribution in [2.24, 2.45) is 0 Å². The molecule has 0 spiro atoms. The van der Waals surface area contributed by atoms with E-state index in [1.54, 1.807) is 37.2 Å². The largest absolute Gasteiger partial charge is 1.00 e. The van der Waals surface area contributed by atoms with Gasteiger partial charge in [-0.2, -0.15) is 0 Å². The van der Waals surface area contributed by atoms with E-state index in [2.05, 4.69) is 29.9 Å². The summed E-state index contributed by atoms with van der Waals surface area (Å²) in [6.45, 7) is 0. The quantitative estimate of drug-likeness (QED) is 0.246. The van der Waals surface area contributed by atoms with Crippen LogP contribution in [0.2, 0.25) is 0 Å². The Morgan fingerprint density at radius 3 is 0.500 bits per heavy atom. The second-order valence-corrected chi connectivity index (χ2v) is 7.29. The fraction of sp³-hybridized carbons (Fsp3) is 0. The Hall–Kier alpha value is -3.27. The minimum atomic E-state index is 0. The first-order chi connectivity index (χ1) is 17.9. The van der Waals surface area contributed by atoms with Gasteiger partial charge >= 0.3 is 39.0 Å². The molecule has 10 heteroatoms. The molecule has 0 unspecified atom stereocenters. The van der Waals surface area contributed by atoms with Crippen molar-refractivity contribution in [3.8, 4) is 34.2 Å². The molecule has 0 saturated heterocycles. The van der Waals surface area contributed by atoms with E-state index >= 15 is 0 Å². The van der Waals surface area contributed by atoms with E-state index in [1.807, 2.05) is 109 Å². The molecule has 6 aromatic rings. The number of hydrogen-bond acceptors (Lipinski definition) is 6. The van der Waals surface area contributed by atoms with Crippen LogP contribution in [0.1, 0.15) is 0 Å². The molecule has 204 valence electrons. The van der Waals surface area contributed by atoms with E-state index in [9.17, 15) is 0 Å². The van der Waals surface area contributed by atoms with E-state index in [0.29, 0.717) is 0 Å². The topological polar surface area (TPSA) is 77.3 Å². The van der Waals surface area contributed by atoms with Crippen molar-refractivity contribution in [2.75, 3.05) is 0 Å². The van der Waals surface area contributed by atoms with E-state index in [1.165, 1.54) is 0 Å². The van der Waals surface area contributed by atoms with Gasteiger partial charge in [-0.05, 0) is 72.8 Å². The minimum Gasteiger partial charge on any atom is -1.00 e. The molecule has 6 aromatic heterocycles. The van der Waals surface area contributed by atoms with Crippen LogP contribution in [0.15, 0.2) is 146 Å². The van der Waals surface area contributed by atoms with Gasteiger partial charge in [0, 0.05) is 37.2 Å². The summed E-state index contributed by atoms with van der Waals surface area (Å²) in [6.07, 6.45) is 10.6. The molecule has 0 saturated carbocycles. The summed E-state index contributed by atoms with van der Waals surface area (Å²) in [6, 6.07) is 34.8. The molecule has 0 aliphatic carbocycles. The van der Waals surface area contributed by atoms with Gasteiger partial charge in [0.15, 0.2) is 0 Å². The van der Waals surface area contributed by atoms with Crippen LogP contribution < -0.4 is 24.8 Å². The number of hydrogen-bond donors (Lipinski definition) is 0. The Bertz CT molecular complexity index is 1120. The van der Waals surface area contributed by atoms with E-state index < -0.39 is 0 Å². The Morgan fingerprint density at radius 1 is 0.250 bits per heavy atom. The van der Waals surface area contributed by atoms with E-state index in [-0.39, 0.29) is 63.8 Å². The van der Waals surface area contributed by atoms with Crippen LogP contribution in [-0.4, -0.2) is 29.9 Å². The maximum Gasteiger partial charge on any atom is 1.00 e. The molecule has 0 fully saturated rings. The van der Waals surface area contributed by atoms with E-state index in [0.717, 1.165) is 34.2 Å². The van der Waals surface area contributed by atoms with Gasteiger partial charge in [-0.25, -0.2) is 0 Å². The monoisotopic (exact) mass is 742 g/mol. The fourth-order valence-corrected chi connectivity index (χ4v) is 3.09. The Kier molecular flexibility index (Phi) is 19.8. The molecular weight excluding hydrogens is 717 g/mol. The van der Waals surface area contributed by atoms with Crippen LogP contribution in [0, 0.1) is 0 Å². The van der Waals surface area contributed by atoms with Crippen molar-refractivity contribution >= 4 is 0 Å². The molecule has 0 bridgehead atoms. The molecule has 2 radical (unpaired) electrons. The average Bonchev–Trinajstić information content (AvgIpc) is 3.01. The van der Waals surface area contributed by atoms with Crippen LogP contribution in [0.4, 0.5) is 0 Å². The van der Waals surface area contributed by atoms with E-state index in [4.69, 9.17) is 0 Å². The summed E-state index contributed by atoms with van der Waals surface area (Å²) >= 11 is 0. The molecule has 0 aliphatic rings. The van der Waals surface area contributed by atoms with Gasteiger partial charge in [0.25, 0.3) is 0 Å². The molecule has 0 aliphatic heterocycles. The molecule has 0 aromatic carbocycles. The molecule has 6 nitrogen and oxygen atoms in total. The molecule has 0 atom stereocenters. The van der Waals surface area contributed by atoms with Crippen molar-refractivity contribution in [3.05, 3.63) is 146 Å². The van der Waals surface area contributed by atoms with Gasteiger partial charge in [0.05, 0.1) is 34.2 Å².